The van der Waals surface area contributed by atoms with Crippen LogP contribution >= 0.6 is 0 Å². The second-order valence-electron chi connectivity index (χ2n) is 6.17. The van der Waals surface area contributed by atoms with Gasteiger partial charge in [0, 0.05) is 5.92 Å². The van der Waals surface area contributed by atoms with Crippen LogP contribution in [0.15, 0.2) is 59.5 Å². The summed E-state index contributed by atoms with van der Waals surface area (Å²) in [6, 6.07) is 14.9. The first kappa shape index (κ1) is 16.7. The second kappa shape index (κ2) is 5.72. The Hall–Kier alpha value is -2.18. The Morgan fingerprint density at radius 3 is 2.17 bits per heavy atom. The van der Waals surface area contributed by atoms with E-state index in [1.165, 1.54) is 12.1 Å². The zero-order valence-electron chi connectivity index (χ0n) is 13.1. The highest BCUT2D eigenvalue weighted by atomic mass is 32.2. The zero-order chi connectivity index (χ0) is 17.5. The Balaban J connectivity index is 2.11. The number of aryl methyl sites for hydroxylation is 1. The van der Waals surface area contributed by atoms with Gasteiger partial charge in [-0.2, -0.15) is 0 Å². The molecule has 0 spiro atoms. The van der Waals surface area contributed by atoms with E-state index in [0.29, 0.717) is 5.56 Å². The Bertz CT molecular complexity index is 858. The number of benzene rings is 2. The Kier molecular flexibility index (Phi) is 3.97. The maximum absolute atomic E-state index is 12.9. The number of aliphatic hydroxyl groups is 1. The number of rotatable bonds is 5. The number of hydrogen-bond donors (Lipinski definition) is 2. The van der Waals surface area contributed by atoms with Crippen LogP contribution in [0.3, 0.4) is 0 Å². The molecule has 0 aliphatic heterocycles. The summed E-state index contributed by atoms with van der Waals surface area (Å²) in [5.41, 5.74) is -0.0995. The van der Waals surface area contributed by atoms with Gasteiger partial charge in [-0.15, -0.1) is 0 Å². The van der Waals surface area contributed by atoms with E-state index in [4.69, 9.17) is 0 Å². The predicted molar refractivity (Wildman–Crippen MR) is 88.5 cm³/mol. The van der Waals surface area contributed by atoms with Crippen molar-refractivity contribution in [3.8, 4) is 0 Å². The van der Waals surface area contributed by atoms with Crippen molar-refractivity contribution in [3.05, 3.63) is 65.7 Å². The molecule has 1 aliphatic rings. The second-order valence-corrected chi connectivity index (χ2v) is 8.24. The van der Waals surface area contributed by atoms with Crippen LogP contribution in [0.1, 0.15) is 17.0 Å². The van der Waals surface area contributed by atoms with Crippen molar-refractivity contribution in [3.63, 3.8) is 0 Å². The van der Waals surface area contributed by atoms with Crippen molar-refractivity contribution in [1.82, 2.24) is 0 Å². The molecule has 0 unspecified atom stereocenters. The third kappa shape index (κ3) is 2.34. The quantitative estimate of drug-likeness (QED) is 0.864. The van der Waals surface area contributed by atoms with Crippen LogP contribution in [0.4, 0.5) is 0 Å². The van der Waals surface area contributed by atoms with Crippen LogP contribution in [-0.4, -0.2) is 36.5 Å². The summed E-state index contributed by atoms with van der Waals surface area (Å²) in [6.45, 7) is 1.17. The van der Waals surface area contributed by atoms with E-state index < -0.39 is 39.0 Å². The van der Waals surface area contributed by atoms with E-state index in [-0.39, 0.29) is 4.90 Å². The summed E-state index contributed by atoms with van der Waals surface area (Å²) in [5.74, 6) is -2.06. The summed E-state index contributed by atoms with van der Waals surface area (Å²) in [5, 5.41) is 18.2. The van der Waals surface area contributed by atoms with Crippen molar-refractivity contribution in [2.45, 2.75) is 23.0 Å². The van der Waals surface area contributed by atoms with E-state index >= 15 is 0 Å². The van der Waals surface area contributed by atoms with Crippen molar-refractivity contribution in [2.75, 3.05) is 6.61 Å². The van der Waals surface area contributed by atoms with E-state index in [0.717, 1.165) is 5.56 Å². The molecule has 0 saturated heterocycles. The van der Waals surface area contributed by atoms with Gasteiger partial charge in [-0.25, -0.2) is 8.42 Å². The van der Waals surface area contributed by atoms with Gasteiger partial charge in [0.1, 0.15) is 5.41 Å². The molecule has 1 saturated carbocycles. The molecule has 0 heterocycles. The molecule has 1 aliphatic carbocycles. The van der Waals surface area contributed by atoms with Crippen LogP contribution in [-0.2, 0) is 14.6 Å². The van der Waals surface area contributed by atoms with Crippen LogP contribution < -0.4 is 0 Å². The lowest BCUT2D eigenvalue weighted by atomic mass is 9.99. The van der Waals surface area contributed by atoms with Crippen molar-refractivity contribution in [2.24, 2.45) is 5.41 Å². The lowest BCUT2D eigenvalue weighted by Gasteiger charge is -2.09. The molecule has 126 valence electrons. The molecule has 3 atom stereocenters. The highest BCUT2D eigenvalue weighted by Gasteiger charge is 2.75. The molecule has 24 heavy (non-hydrogen) atoms. The van der Waals surface area contributed by atoms with Crippen LogP contribution in [0.25, 0.3) is 0 Å². The molecule has 2 aromatic rings. The minimum atomic E-state index is -3.88. The molecule has 2 N–H and O–H groups in total. The van der Waals surface area contributed by atoms with Crippen LogP contribution in [0.2, 0.25) is 0 Å². The fraction of sp³-hybridized carbons (Fsp3) is 0.278. The molecular weight excluding hydrogens is 328 g/mol. The summed E-state index contributed by atoms with van der Waals surface area (Å²) in [6.07, 6.45) is 0. The Morgan fingerprint density at radius 1 is 1.08 bits per heavy atom. The number of hydrogen-bond acceptors (Lipinski definition) is 4. The number of sulfone groups is 1. The van der Waals surface area contributed by atoms with Gasteiger partial charge in [0.25, 0.3) is 0 Å². The number of carboxylic acids is 1. The molecule has 3 rings (SSSR count). The smallest absolute Gasteiger partial charge is 0.314 e. The van der Waals surface area contributed by atoms with E-state index in [1.807, 2.05) is 19.1 Å². The summed E-state index contributed by atoms with van der Waals surface area (Å²) in [4.78, 5) is 11.9. The van der Waals surface area contributed by atoms with Gasteiger partial charge < -0.3 is 10.2 Å². The molecule has 0 radical (unpaired) electrons. The van der Waals surface area contributed by atoms with Crippen molar-refractivity contribution in [1.29, 1.82) is 0 Å². The Labute approximate surface area is 140 Å². The molecule has 0 amide bonds. The standard InChI is InChI=1S/C18H18O5S/c1-12-7-9-13(10-8-12)15-16(18(15,11-19)17(20)21)24(22,23)14-5-3-2-4-6-14/h2-10,15-16,19H,11H2,1H3,(H,20,21)/t15-,16-,18-/m1/s1. The molecular formula is C18H18O5S. The Morgan fingerprint density at radius 2 is 1.67 bits per heavy atom. The average Bonchev–Trinajstić information content (AvgIpc) is 3.28. The van der Waals surface area contributed by atoms with Crippen LogP contribution in [0.5, 0.6) is 0 Å². The molecule has 0 aromatic heterocycles. The highest BCUT2D eigenvalue weighted by Crippen LogP contribution is 2.64. The van der Waals surface area contributed by atoms with Gasteiger partial charge in [-0.1, -0.05) is 48.0 Å². The normalized spacial score (nSPS) is 26.1. The third-order valence-electron chi connectivity index (χ3n) is 4.76. The van der Waals surface area contributed by atoms with Gasteiger partial charge in [0.15, 0.2) is 9.84 Å². The topological polar surface area (TPSA) is 91.7 Å². The fourth-order valence-corrected chi connectivity index (χ4v) is 5.76. The van der Waals surface area contributed by atoms with E-state index in [1.54, 1.807) is 30.3 Å². The number of aliphatic hydroxyl groups excluding tert-OH is 1. The maximum Gasteiger partial charge on any atom is 0.314 e. The third-order valence-corrected chi connectivity index (χ3v) is 7.05. The van der Waals surface area contributed by atoms with Gasteiger partial charge in [0.05, 0.1) is 16.8 Å². The lowest BCUT2D eigenvalue weighted by molar-refractivity contribution is -0.145. The van der Waals surface area contributed by atoms with Gasteiger partial charge in [-0.05, 0) is 24.6 Å². The predicted octanol–water partition coefficient (Wildman–Crippen LogP) is 2.00. The fourth-order valence-electron chi connectivity index (χ4n) is 3.37. The SMILES string of the molecule is Cc1ccc([C@@H]2[C@@H](S(=O)(=O)c3ccccc3)[C@]2(CO)C(=O)O)cc1. The average molecular weight is 346 g/mol. The van der Waals surface area contributed by atoms with Crippen molar-refractivity contribution >= 4 is 15.8 Å². The number of carboxylic acid groups (broad SMARTS) is 1. The number of aliphatic carboxylic acids is 1. The van der Waals surface area contributed by atoms with Gasteiger partial charge in [0.2, 0.25) is 0 Å². The van der Waals surface area contributed by atoms with Gasteiger partial charge in [-0.3, -0.25) is 4.79 Å². The van der Waals surface area contributed by atoms with Gasteiger partial charge >= 0.3 is 5.97 Å². The molecule has 5 nitrogen and oxygen atoms in total. The van der Waals surface area contributed by atoms with Crippen LogP contribution in [0, 0.1) is 12.3 Å². The lowest BCUT2D eigenvalue weighted by Crippen LogP contribution is -2.27. The zero-order valence-corrected chi connectivity index (χ0v) is 13.9. The summed E-state index contributed by atoms with van der Waals surface area (Å²) in [7, 11) is -3.88. The highest BCUT2D eigenvalue weighted by molar-refractivity contribution is 7.92. The maximum atomic E-state index is 12.9. The first-order chi connectivity index (χ1) is 11.4. The minimum Gasteiger partial charge on any atom is -0.481 e. The monoisotopic (exact) mass is 346 g/mol. The van der Waals surface area contributed by atoms with E-state index in [9.17, 15) is 23.4 Å². The number of carbonyl (C=O) groups is 1. The summed E-state index contributed by atoms with van der Waals surface area (Å²) >= 11 is 0. The first-order valence-electron chi connectivity index (χ1n) is 7.55. The molecule has 2 aromatic carbocycles. The van der Waals surface area contributed by atoms with E-state index in [2.05, 4.69) is 0 Å². The summed E-state index contributed by atoms with van der Waals surface area (Å²) < 4.78 is 25.9. The largest absolute Gasteiger partial charge is 0.481 e. The molecule has 6 heteroatoms. The molecule has 0 bridgehead atoms. The minimum absolute atomic E-state index is 0.0729. The first-order valence-corrected chi connectivity index (χ1v) is 9.10. The molecule has 1 fully saturated rings. The van der Waals surface area contributed by atoms with Crippen molar-refractivity contribution < 1.29 is 23.4 Å².